The third-order valence-electron chi connectivity index (χ3n) is 2.52. The molecule has 0 aromatic rings. The second-order valence-electron chi connectivity index (χ2n) is 4.30. The molecule has 0 aromatic heterocycles. The lowest BCUT2D eigenvalue weighted by Crippen LogP contribution is -2.35. The lowest BCUT2D eigenvalue weighted by Gasteiger charge is -2.33. The highest BCUT2D eigenvalue weighted by Gasteiger charge is 2.34. The molecule has 3 heteroatoms. The van der Waals surface area contributed by atoms with Crippen molar-refractivity contribution in [3.05, 3.63) is 0 Å². The van der Waals surface area contributed by atoms with Crippen molar-refractivity contribution in [1.82, 2.24) is 0 Å². The maximum absolute atomic E-state index is 11.3. The van der Waals surface area contributed by atoms with Gasteiger partial charge in [0.2, 0.25) is 0 Å². The first-order valence-electron chi connectivity index (χ1n) is 4.05. The maximum atomic E-state index is 11.3. The molecule has 1 aliphatic rings. The van der Waals surface area contributed by atoms with Crippen LogP contribution < -0.4 is 0 Å². The van der Waals surface area contributed by atoms with Gasteiger partial charge in [0.05, 0.1) is 11.0 Å². The highest BCUT2D eigenvalue weighted by Crippen LogP contribution is 2.34. The molecular formula is C8H16O2S. The van der Waals surface area contributed by atoms with E-state index >= 15 is 0 Å². The quantitative estimate of drug-likeness (QED) is 0.562. The predicted octanol–water partition coefficient (Wildman–Crippen LogP) is 1.61. The minimum atomic E-state index is -2.73. The Morgan fingerprint density at radius 1 is 1.36 bits per heavy atom. The molecule has 0 amide bonds. The zero-order chi connectivity index (χ0) is 8.70. The van der Waals surface area contributed by atoms with Crippen molar-refractivity contribution >= 4 is 9.84 Å². The summed E-state index contributed by atoms with van der Waals surface area (Å²) in [6.07, 6.45) is 1.63. The minimum Gasteiger partial charge on any atom is -0.229 e. The summed E-state index contributed by atoms with van der Waals surface area (Å²) in [6, 6.07) is 0. The van der Waals surface area contributed by atoms with Crippen LogP contribution in [0.2, 0.25) is 0 Å². The zero-order valence-corrected chi connectivity index (χ0v) is 8.24. The summed E-state index contributed by atoms with van der Waals surface area (Å²) in [4.78, 5) is 0. The summed E-state index contributed by atoms with van der Waals surface area (Å²) in [5, 5.41) is -0.133. The first-order valence-corrected chi connectivity index (χ1v) is 5.77. The van der Waals surface area contributed by atoms with Gasteiger partial charge in [0.1, 0.15) is 0 Å². The lowest BCUT2D eigenvalue weighted by atomic mass is 9.85. The third-order valence-corrected chi connectivity index (χ3v) is 4.68. The molecule has 0 aliphatic carbocycles. The standard InChI is InChI=1S/C8H16O2S/c1-7-6-8(2,3)4-5-11(7,9)10/h7H,4-6H2,1-3H3. The van der Waals surface area contributed by atoms with Crippen LogP contribution in [0.15, 0.2) is 0 Å². The van der Waals surface area contributed by atoms with Gasteiger partial charge in [-0.25, -0.2) is 8.42 Å². The molecule has 0 spiro atoms. The molecule has 0 N–H and O–H groups in total. The van der Waals surface area contributed by atoms with E-state index in [0.29, 0.717) is 5.75 Å². The van der Waals surface area contributed by atoms with Gasteiger partial charge in [-0.05, 0) is 25.2 Å². The number of rotatable bonds is 0. The summed E-state index contributed by atoms with van der Waals surface area (Å²) in [5.41, 5.74) is 0.227. The molecular weight excluding hydrogens is 160 g/mol. The molecule has 1 heterocycles. The average Bonchev–Trinajstić information content (AvgIpc) is 1.81. The summed E-state index contributed by atoms with van der Waals surface area (Å²) in [6.45, 7) is 6.09. The van der Waals surface area contributed by atoms with Crippen LogP contribution in [0.25, 0.3) is 0 Å². The molecule has 1 fully saturated rings. The van der Waals surface area contributed by atoms with Crippen molar-refractivity contribution in [3.8, 4) is 0 Å². The molecule has 0 saturated carbocycles. The first kappa shape index (κ1) is 9.04. The Hall–Kier alpha value is -0.0500. The van der Waals surface area contributed by atoms with Crippen molar-refractivity contribution in [3.63, 3.8) is 0 Å². The number of hydrogen-bond donors (Lipinski definition) is 0. The second-order valence-corrected chi connectivity index (χ2v) is 6.83. The molecule has 0 radical (unpaired) electrons. The van der Waals surface area contributed by atoms with Gasteiger partial charge < -0.3 is 0 Å². The van der Waals surface area contributed by atoms with E-state index < -0.39 is 9.84 Å². The molecule has 1 saturated heterocycles. The van der Waals surface area contributed by atoms with Crippen molar-refractivity contribution in [2.24, 2.45) is 5.41 Å². The molecule has 1 unspecified atom stereocenters. The Morgan fingerprint density at radius 3 is 2.27 bits per heavy atom. The fourth-order valence-corrected chi connectivity index (χ4v) is 3.57. The number of hydrogen-bond acceptors (Lipinski definition) is 2. The monoisotopic (exact) mass is 176 g/mol. The molecule has 0 bridgehead atoms. The van der Waals surface area contributed by atoms with Crippen molar-refractivity contribution < 1.29 is 8.42 Å². The maximum Gasteiger partial charge on any atom is 0.152 e. The number of sulfone groups is 1. The summed E-state index contributed by atoms with van der Waals surface area (Å²) >= 11 is 0. The van der Waals surface area contributed by atoms with Gasteiger partial charge >= 0.3 is 0 Å². The van der Waals surface area contributed by atoms with Gasteiger partial charge in [-0.3, -0.25) is 0 Å². The van der Waals surface area contributed by atoms with Crippen molar-refractivity contribution in [2.45, 2.75) is 38.9 Å². The van der Waals surface area contributed by atoms with Crippen LogP contribution in [0, 0.1) is 5.41 Å². The van der Waals surface area contributed by atoms with Gasteiger partial charge in [0.15, 0.2) is 9.84 Å². The Labute approximate surface area is 68.9 Å². The highest BCUT2D eigenvalue weighted by molar-refractivity contribution is 7.92. The average molecular weight is 176 g/mol. The van der Waals surface area contributed by atoms with E-state index in [1.54, 1.807) is 0 Å². The van der Waals surface area contributed by atoms with Gasteiger partial charge in [-0.1, -0.05) is 13.8 Å². The molecule has 66 valence electrons. The van der Waals surface area contributed by atoms with Crippen LogP contribution in [0.4, 0.5) is 0 Å². The third kappa shape index (κ3) is 1.95. The van der Waals surface area contributed by atoms with Crippen LogP contribution in [0.5, 0.6) is 0 Å². The fourth-order valence-electron chi connectivity index (χ4n) is 1.63. The van der Waals surface area contributed by atoms with Gasteiger partial charge in [0.25, 0.3) is 0 Å². The second kappa shape index (κ2) is 2.47. The molecule has 0 aromatic carbocycles. The van der Waals surface area contributed by atoms with Gasteiger partial charge in [-0.2, -0.15) is 0 Å². The Morgan fingerprint density at radius 2 is 1.91 bits per heavy atom. The van der Waals surface area contributed by atoms with Gasteiger partial charge in [-0.15, -0.1) is 0 Å². The van der Waals surface area contributed by atoms with Crippen LogP contribution in [0.1, 0.15) is 33.6 Å². The normalized spacial score (nSPS) is 35.0. The minimum absolute atomic E-state index is 0.133. The molecule has 1 aliphatic heterocycles. The predicted molar refractivity (Wildman–Crippen MR) is 46.3 cm³/mol. The summed E-state index contributed by atoms with van der Waals surface area (Å²) in [7, 11) is -2.73. The molecule has 1 rings (SSSR count). The van der Waals surface area contributed by atoms with Crippen molar-refractivity contribution in [1.29, 1.82) is 0 Å². The zero-order valence-electron chi connectivity index (χ0n) is 7.42. The Kier molecular flexibility index (Phi) is 2.03. The summed E-state index contributed by atoms with van der Waals surface area (Å²) in [5.74, 6) is 0.376. The SMILES string of the molecule is CC1CC(C)(C)CCS1(=O)=O. The summed E-state index contributed by atoms with van der Waals surface area (Å²) < 4.78 is 22.5. The first-order chi connectivity index (χ1) is 4.83. The van der Waals surface area contributed by atoms with E-state index in [1.807, 2.05) is 6.92 Å². The van der Waals surface area contributed by atoms with Crippen LogP contribution in [-0.4, -0.2) is 19.4 Å². The van der Waals surface area contributed by atoms with Gasteiger partial charge in [0, 0.05) is 0 Å². The van der Waals surface area contributed by atoms with E-state index in [0.717, 1.165) is 12.8 Å². The smallest absolute Gasteiger partial charge is 0.152 e. The van der Waals surface area contributed by atoms with E-state index in [9.17, 15) is 8.42 Å². The van der Waals surface area contributed by atoms with E-state index in [1.165, 1.54) is 0 Å². The van der Waals surface area contributed by atoms with E-state index in [4.69, 9.17) is 0 Å². The topological polar surface area (TPSA) is 34.1 Å². The Balaban J connectivity index is 2.79. The largest absolute Gasteiger partial charge is 0.229 e. The Bertz CT molecular complexity index is 239. The fraction of sp³-hybridized carbons (Fsp3) is 1.00. The molecule has 1 atom stereocenters. The highest BCUT2D eigenvalue weighted by atomic mass is 32.2. The van der Waals surface area contributed by atoms with Crippen LogP contribution in [-0.2, 0) is 9.84 Å². The van der Waals surface area contributed by atoms with E-state index in [-0.39, 0.29) is 10.7 Å². The molecule has 11 heavy (non-hydrogen) atoms. The van der Waals surface area contributed by atoms with E-state index in [2.05, 4.69) is 13.8 Å². The molecule has 2 nitrogen and oxygen atoms in total. The van der Waals surface area contributed by atoms with Crippen molar-refractivity contribution in [2.75, 3.05) is 5.75 Å². The van der Waals surface area contributed by atoms with Crippen LogP contribution in [0.3, 0.4) is 0 Å². The van der Waals surface area contributed by atoms with Crippen LogP contribution >= 0.6 is 0 Å². The lowest BCUT2D eigenvalue weighted by molar-refractivity contribution is 0.304.